The first-order chi connectivity index (χ1) is 28.4. The first-order valence-corrected chi connectivity index (χ1v) is 20.7. The molecule has 0 unspecified atom stereocenters. The number of aromatic nitrogens is 2. The highest BCUT2D eigenvalue weighted by Gasteiger charge is 2.68. The molecule has 1 N–H and O–H groups in total. The van der Waals surface area contributed by atoms with Crippen LogP contribution in [0.4, 0.5) is 11.5 Å². The SMILES string of the molecule is Cc1c(-c2cc(N3C(=O)[C@@H]4C[C@@H]5C(=CC[C@@H]6C(=O)N(c7ccc(C(=O)c8ccccc8)cc7)C(=O)[C@@H]65)[C@H](c5cccc(O)c5)[C@]4(C)C3=O)n(C)n2)sc2ccc(Cl)cc12. The summed E-state index contributed by atoms with van der Waals surface area (Å²) in [7, 11) is 1.71. The van der Waals surface area contributed by atoms with E-state index in [2.05, 4.69) is 0 Å². The molecule has 4 heterocycles. The summed E-state index contributed by atoms with van der Waals surface area (Å²) in [4.78, 5) is 75.4. The standard InChI is InChI=1S/C47H37ClN4O6S/c1-24-33-21-28(48)14-19-37(33)59-42(24)36-23-38(50(3)49-36)52-44(56)35-22-34-31(40(47(35,2)46(52)58)27-10-7-11-30(53)20-27)17-18-32-39(34)45(57)51(43(32)55)29-15-12-26(13-16-29)41(54)25-8-5-4-6-9-25/h4-17,19-21,23,32,34-35,39-40,53H,18,22H2,1-3H3/t32-,34+,35-,39-,40-,47+/m0/s1. The van der Waals surface area contributed by atoms with Crippen molar-refractivity contribution in [2.45, 2.75) is 32.6 Å². The summed E-state index contributed by atoms with van der Waals surface area (Å²) in [6.45, 7) is 3.82. The number of amides is 4. The van der Waals surface area contributed by atoms with E-state index in [9.17, 15) is 24.3 Å². The molecule has 0 radical (unpaired) electrons. The maximum atomic E-state index is 15.1. The van der Waals surface area contributed by atoms with Crippen LogP contribution in [-0.4, -0.2) is 44.3 Å². The topological polar surface area (TPSA) is 130 Å². The van der Waals surface area contributed by atoms with Gasteiger partial charge in [0.25, 0.3) is 0 Å². The van der Waals surface area contributed by atoms with Crippen LogP contribution in [0.15, 0.2) is 115 Å². The molecule has 4 aliphatic rings. The molecule has 6 aromatic rings. The van der Waals surface area contributed by atoms with Gasteiger partial charge in [-0.3, -0.25) is 33.6 Å². The fourth-order valence-corrected chi connectivity index (χ4v) is 11.6. The zero-order chi connectivity index (χ0) is 41.1. The van der Waals surface area contributed by atoms with Gasteiger partial charge in [0.15, 0.2) is 5.78 Å². The van der Waals surface area contributed by atoms with Crippen molar-refractivity contribution in [3.05, 3.63) is 142 Å². The minimum Gasteiger partial charge on any atom is -0.508 e. The Labute approximate surface area is 348 Å². The van der Waals surface area contributed by atoms with Crippen LogP contribution in [0.5, 0.6) is 5.75 Å². The number of phenolic OH excluding ortho intramolecular Hbond substituents is 1. The van der Waals surface area contributed by atoms with E-state index in [4.69, 9.17) is 16.7 Å². The highest BCUT2D eigenvalue weighted by molar-refractivity contribution is 7.22. The summed E-state index contributed by atoms with van der Waals surface area (Å²) >= 11 is 7.89. The molecule has 10 rings (SSSR count). The lowest BCUT2D eigenvalue weighted by atomic mass is 9.51. The lowest BCUT2D eigenvalue weighted by Gasteiger charge is -2.49. The maximum absolute atomic E-state index is 15.1. The van der Waals surface area contributed by atoms with Crippen LogP contribution in [-0.2, 0) is 26.2 Å². The Hall–Kier alpha value is -6.17. The molecule has 3 fully saturated rings. The summed E-state index contributed by atoms with van der Waals surface area (Å²) < 4.78 is 2.60. The average molecular weight is 821 g/mol. The lowest BCUT2D eigenvalue weighted by Crippen LogP contribution is -2.48. The number of aromatic hydroxyl groups is 1. The summed E-state index contributed by atoms with van der Waals surface area (Å²) in [6, 6.07) is 29.6. The second kappa shape index (κ2) is 13.4. The van der Waals surface area contributed by atoms with Crippen LogP contribution in [0.3, 0.4) is 0 Å². The van der Waals surface area contributed by atoms with Crippen molar-refractivity contribution in [1.82, 2.24) is 9.78 Å². The number of thiophene rings is 1. The van der Waals surface area contributed by atoms with Gasteiger partial charge in [-0.2, -0.15) is 5.10 Å². The van der Waals surface area contributed by atoms with Gasteiger partial charge in [0, 0.05) is 39.9 Å². The molecule has 2 aromatic heterocycles. The molecule has 12 heteroatoms. The number of halogens is 1. The fourth-order valence-electron chi connectivity index (χ4n) is 10.3. The van der Waals surface area contributed by atoms with E-state index >= 15 is 4.79 Å². The van der Waals surface area contributed by atoms with Gasteiger partial charge in [-0.05, 0) is 104 Å². The van der Waals surface area contributed by atoms with Gasteiger partial charge in [0.05, 0.1) is 33.7 Å². The number of aryl methyl sites for hydroxylation is 2. The summed E-state index contributed by atoms with van der Waals surface area (Å²) in [5, 5.41) is 17.2. The molecule has 4 amide bonds. The van der Waals surface area contributed by atoms with Gasteiger partial charge in [-0.15, -0.1) is 11.3 Å². The van der Waals surface area contributed by atoms with Crippen LogP contribution in [0.2, 0.25) is 5.02 Å². The largest absolute Gasteiger partial charge is 0.508 e. The number of carbonyl (C=O) groups is 5. The van der Waals surface area contributed by atoms with Crippen molar-refractivity contribution in [3.8, 4) is 16.3 Å². The first-order valence-electron chi connectivity index (χ1n) is 19.5. The number of fused-ring (bicyclic) bond motifs is 5. The number of carbonyl (C=O) groups excluding carboxylic acids is 5. The second-order valence-electron chi connectivity index (χ2n) is 16.2. The molecule has 59 heavy (non-hydrogen) atoms. The molecule has 0 bridgehead atoms. The van der Waals surface area contributed by atoms with Crippen molar-refractivity contribution in [2.75, 3.05) is 9.80 Å². The zero-order valence-electron chi connectivity index (χ0n) is 32.3. The Kier molecular flexibility index (Phi) is 8.45. The summed E-state index contributed by atoms with van der Waals surface area (Å²) in [6.07, 6.45) is 2.43. The van der Waals surface area contributed by atoms with E-state index in [-0.39, 0.29) is 36.2 Å². The molecule has 2 saturated heterocycles. The van der Waals surface area contributed by atoms with Crippen LogP contribution in [0.1, 0.15) is 52.7 Å². The van der Waals surface area contributed by atoms with Crippen molar-refractivity contribution >= 4 is 73.9 Å². The van der Waals surface area contributed by atoms with Crippen molar-refractivity contribution in [2.24, 2.45) is 36.1 Å². The molecule has 0 spiro atoms. The third kappa shape index (κ3) is 5.44. The van der Waals surface area contributed by atoms with E-state index in [1.807, 2.05) is 50.3 Å². The number of anilines is 2. The van der Waals surface area contributed by atoms with Crippen molar-refractivity contribution in [3.63, 3.8) is 0 Å². The van der Waals surface area contributed by atoms with E-state index < -0.39 is 46.8 Å². The summed E-state index contributed by atoms with van der Waals surface area (Å²) in [5.41, 5.74) is 3.11. The number of ketones is 1. The second-order valence-corrected chi connectivity index (χ2v) is 17.7. The predicted molar refractivity (Wildman–Crippen MR) is 225 cm³/mol. The fraction of sp³-hybridized carbons (Fsp3) is 0.234. The third-order valence-electron chi connectivity index (χ3n) is 13.1. The predicted octanol–water partition coefficient (Wildman–Crippen LogP) is 8.64. The minimum absolute atomic E-state index is 0.0106. The van der Waals surface area contributed by atoms with Gasteiger partial charge in [0.1, 0.15) is 17.3 Å². The van der Waals surface area contributed by atoms with Gasteiger partial charge in [-0.1, -0.05) is 65.7 Å². The smallest absolute Gasteiger partial charge is 0.242 e. The molecule has 4 aromatic carbocycles. The Morgan fingerprint density at radius 1 is 0.847 bits per heavy atom. The van der Waals surface area contributed by atoms with Gasteiger partial charge >= 0.3 is 0 Å². The number of imide groups is 2. The van der Waals surface area contributed by atoms with Gasteiger partial charge < -0.3 is 5.11 Å². The van der Waals surface area contributed by atoms with E-state index in [1.165, 1.54) is 9.80 Å². The van der Waals surface area contributed by atoms with Gasteiger partial charge in [0.2, 0.25) is 23.6 Å². The van der Waals surface area contributed by atoms with Crippen LogP contribution < -0.4 is 9.80 Å². The molecule has 1 saturated carbocycles. The normalized spacial score (nSPS) is 25.0. The van der Waals surface area contributed by atoms with E-state index in [0.717, 1.165) is 26.1 Å². The number of rotatable bonds is 6. The molecule has 6 atom stereocenters. The summed E-state index contributed by atoms with van der Waals surface area (Å²) in [5.74, 6) is -4.84. The van der Waals surface area contributed by atoms with Crippen LogP contribution >= 0.6 is 22.9 Å². The number of benzene rings is 4. The Bertz CT molecular complexity index is 2850. The van der Waals surface area contributed by atoms with Crippen molar-refractivity contribution < 1.29 is 29.1 Å². The Morgan fingerprint density at radius 3 is 2.34 bits per heavy atom. The molecule has 294 valence electrons. The first kappa shape index (κ1) is 37.1. The van der Waals surface area contributed by atoms with E-state index in [0.29, 0.717) is 38.9 Å². The molecule has 2 aliphatic carbocycles. The number of hydrogen-bond acceptors (Lipinski definition) is 8. The van der Waals surface area contributed by atoms with E-state index in [1.54, 1.807) is 95.9 Å². The zero-order valence-corrected chi connectivity index (χ0v) is 33.8. The molecular weight excluding hydrogens is 784 g/mol. The van der Waals surface area contributed by atoms with Gasteiger partial charge in [-0.25, -0.2) is 4.90 Å². The lowest BCUT2D eigenvalue weighted by molar-refractivity contribution is -0.131. The number of hydrogen-bond donors (Lipinski definition) is 1. The highest BCUT2D eigenvalue weighted by atomic mass is 35.5. The number of allylic oxidation sites excluding steroid dienone is 2. The Balaban J connectivity index is 1.02. The third-order valence-corrected chi connectivity index (χ3v) is 14.6. The van der Waals surface area contributed by atoms with Crippen LogP contribution in [0.25, 0.3) is 20.7 Å². The maximum Gasteiger partial charge on any atom is 0.242 e. The number of nitrogens with zero attached hydrogens (tertiary/aromatic N) is 4. The molecule has 2 aliphatic heterocycles. The monoisotopic (exact) mass is 820 g/mol. The highest BCUT2D eigenvalue weighted by Crippen LogP contribution is 2.64. The quantitative estimate of drug-likeness (QED) is 0.101. The number of phenols is 1. The minimum atomic E-state index is -1.29. The molecule has 10 nitrogen and oxygen atoms in total. The molecular formula is C47H37ClN4O6S. The average Bonchev–Trinajstić information content (AvgIpc) is 3.91. The van der Waals surface area contributed by atoms with Crippen molar-refractivity contribution in [1.29, 1.82) is 0 Å². The Morgan fingerprint density at radius 2 is 1.59 bits per heavy atom. The van der Waals surface area contributed by atoms with Crippen LogP contribution in [0, 0.1) is 36.0 Å².